The normalized spacial score (nSPS) is 14.8. The molecule has 0 radical (unpaired) electrons. The summed E-state index contributed by atoms with van der Waals surface area (Å²) < 4.78 is 11.7. The van der Waals surface area contributed by atoms with E-state index in [1.165, 1.54) is 0 Å². The first-order valence-corrected chi connectivity index (χ1v) is 5.62. The summed E-state index contributed by atoms with van der Waals surface area (Å²) in [5.41, 5.74) is 1.11. The van der Waals surface area contributed by atoms with Crippen LogP contribution in [-0.2, 0) is 9.52 Å². The Bertz CT molecular complexity index is 419. The number of hydrogen-bond acceptors (Lipinski definition) is 1. The fourth-order valence-corrected chi connectivity index (χ4v) is 1.86. The van der Waals surface area contributed by atoms with Crippen LogP contribution in [0.2, 0.25) is 0 Å². The van der Waals surface area contributed by atoms with E-state index in [0.717, 1.165) is 10.5 Å². The smallest absolute Gasteiger partial charge is 0.0382 e. The molecule has 1 nitrogen and oxygen atoms in total. The summed E-state index contributed by atoms with van der Waals surface area (Å²) in [7, 11) is -2.13. The molecule has 0 aliphatic heterocycles. The van der Waals surface area contributed by atoms with Gasteiger partial charge >= 0.3 is 0 Å². The standard InChI is InChI=1S/C10H12OS/c1-4-12(3,11)10-7-5-6-9(2)8-10/h5-8H,1H2,2-3H3. The molecule has 0 spiro atoms. The van der Waals surface area contributed by atoms with Gasteiger partial charge in [-0.05, 0) is 31.2 Å². The van der Waals surface area contributed by atoms with Crippen LogP contribution in [0.5, 0.6) is 0 Å². The van der Waals surface area contributed by atoms with Crippen molar-refractivity contribution in [3.05, 3.63) is 36.4 Å². The molecule has 1 unspecified atom stereocenters. The van der Waals surface area contributed by atoms with Crippen LogP contribution in [0.25, 0.3) is 0 Å². The zero-order valence-electron chi connectivity index (χ0n) is 7.33. The molecule has 64 valence electrons. The number of hydrogen-bond donors (Lipinski definition) is 0. The van der Waals surface area contributed by atoms with Gasteiger partial charge in [0.2, 0.25) is 0 Å². The van der Waals surface area contributed by atoms with Crippen LogP contribution < -0.4 is 0 Å². The topological polar surface area (TPSA) is 17.1 Å². The summed E-state index contributed by atoms with van der Waals surface area (Å²) in [6, 6.07) is 7.61. The van der Waals surface area contributed by atoms with Crippen molar-refractivity contribution < 1.29 is 4.21 Å². The maximum atomic E-state index is 11.7. The van der Waals surface area contributed by atoms with Gasteiger partial charge in [0.25, 0.3) is 0 Å². The van der Waals surface area contributed by atoms with E-state index in [-0.39, 0.29) is 0 Å². The van der Waals surface area contributed by atoms with Crippen LogP contribution in [0.1, 0.15) is 5.56 Å². The molecule has 0 aliphatic carbocycles. The first kappa shape index (κ1) is 9.11. The van der Waals surface area contributed by atoms with Gasteiger partial charge in [-0.3, -0.25) is 4.21 Å². The lowest BCUT2D eigenvalue weighted by atomic mass is 10.2. The summed E-state index contributed by atoms with van der Waals surface area (Å²) in [6.07, 6.45) is 1.65. The van der Waals surface area contributed by atoms with Crippen molar-refractivity contribution in [1.82, 2.24) is 0 Å². The summed E-state index contributed by atoms with van der Waals surface area (Å²) in [4.78, 5) is 0.803. The second-order valence-electron chi connectivity index (χ2n) is 2.80. The Morgan fingerprint density at radius 2 is 2.17 bits per heavy atom. The minimum Gasteiger partial charge on any atom is -0.255 e. The molecule has 0 aliphatic rings. The first-order valence-electron chi connectivity index (χ1n) is 3.66. The summed E-state index contributed by atoms with van der Waals surface area (Å²) in [6.45, 7) is 5.41. The minimum absolute atomic E-state index is 0.803. The second-order valence-corrected chi connectivity index (χ2v) is 5.25. The molecule has 1 aromatic rings. The van der Waals surface area contributed by atoms with E-state index >= 15 is 0 Å². The van der Waals surface area contributed by atoms with Crippen molar-refractivity contribution in [3.8, 4) is 0 Å². The molecule has 1 rings (SSSR count). The molecule has 0 saturated carbocycles. The quantitative estimate of drug-likeness (QED) is 0.603. The van der Waals surface area contributed by atoms with Gasteiger partial charge in [-0.15, -0.1) is 0 Å². The zero-order chi connectivity index (χ0) is 9.19. The Kier molecular flexibility index (Phi) is 2.41. The highest BCUT2D eigenvalue weighted by Crippen LogP contribution is 2.10. The Morgan fingerprint density at radius 1 is 1.50 bits per heavy atom. The lowest BCUT2D eigenvalue weighted by molar-refractivity contribution is 0.685. The predicted molar refractivity (Wildman–Crippen MR) is 54.1 cm³/mol. The van der Waals surface area contributed by atoms with Crippen molar-refractivity contribution in [1.29, 1.82) is 0 Å². The number of rotatable bonds is 1. The number of aryl methyl sites for hydroxylation is 1. The Labute approximate surface area is 73.7 Å². The Hall–Kier alpha value is -0.980. The van der Waals surface area contributed by atoms with E-state index in [1.54, 1.807) is 6.26 Å². The van der Waals surface area contributed by atoms with Crippen LogP contribution >= 0.6 is 0 Å². The fraction of sp³-hybridized carbons (Fsp3) is 0.200. The number of benzene rings is 1. The zero-order valence-corrected chi connectivity index (χ0v) is 8.15. The molecule has 0 bridgehead atoms. The van der Waals surface area contributed by atoms with Gasteiger partial charge in [-0.1, -0.05) is 17.2 Å². The van der Waals surface area contributed by atoms with Crippen molar-refractivity contribution >= 4 is 14.5 Å². The molecule has 0 saturated heterocycles. The summed E-state index contributed by atoms with van der Waals surface area (Å²) >= 11 is 0. The monoisotopic (exact) mass is 180 g/mol. The third-order valence-electron chi connectivity index (χ3n) is 1.71. The largest absolute Gasteiger partial charge is 0.255 e. The molecular weight excluding hydrogens is 168 g/mol. The van der Waals surface area contributed by atoms with E-state index in [2.05, 4.69) is 11.6 Å². The van der Waals surface area contributed by atoms with Crippen molar-refractivity contribution in [2.24, 2.45) is 0 Å². The summed E-state index contributed by atoms with van der Waals surface area (Å²) in [5.74, 6) is 0. The average molecular weight is 180 g/mol. The van der Waals surface area contributed by atoms with Crippen LogP contribution in [-0.4, -0.2) is 15.5 Å². The van der Waals surface area contributed by atoms with E-state index in [0.29, 0.717) is 0 Å². The summed E-state index contributed by atoms with van der Waals surface area (Å²) in [5, 5.41) is 2.56. The molecule has 2 heteroatoms. The molecular formula is C10H12OS. The van der Waals surface area contributed by atoms with Crippen LogP contribution in [0.15, 0.2) is 35.7 Å². The molecule has 0 aromatic heterocycles. The highest BCUT2D eigenvalue weighted by atomic mass is 32.2. The lowest BCUT2D eigenvalue weighted by Gasteiger charge is -2.01. The van der Waals surface area contributed by atoms with Crippen molar-refractivity contribution in [2.45, 2.75) is 11.8 Å². The van der Waals surface area contributed by atoms with E-state index in [9.17, 15) is 4.21 Å². The Balaban J connectivity index is 3.41. The predicted octanol–water partition coefficient (Wildman–Crippen LogP) is 1.86. The SMILES string of the molecule is C=C=S(C)(=O)c1cccc(C)c1. The van der Waals surface area contributed by atoms with Gasteiger partial charge in [-0.2, -0.15) is 0 Å². The minimum atomic E-state index is -2.13. The van der Waals surface area contributed by atoms with Crippen LogP contribution in [0, 0.1) is 6.92 Å². The van der Waals surface area contributed by atoms with E-state index < -0.39 is 9.52 Å². The lowest BCUT2D eigenvalue weighted by Crippen LogP contribution is -1.97. The van der Waals surface area contributed by atoms with Crippen LogP contribution in [0.4, 0.5) is 0 Å². The third kappa shape index (κ3) is 1.79. The molecule has 1 atom stereocenters. The molecule has 0 amide bonds. The maximum Gasteiger partial charge on any atom is 0.0382 e. The average Bonchev–Trinajstić information content (AvgIpc) is 2.05. The van der Waals surface area contributed by atoms with E-state index in [4.69, 9.17) is 0 Å². The molecule has 0 fully saturated rings. The third-order valence-corrected chi connectivity index (χ3v) is 3.42. The molecule has 12 heavy (non-hydrogen) atoms. The highest BCUT2D eigenvalue weighted by molar-refractivity contribution is 8.00. The van der Waals surface area contributed by atoms with Gasteiger partial charge in [0.05, 0.1) is 0 Å². The second kappa shape index (κ2) is 3.18. The highest BCUT2D eigenvalue weighted by Gasteiger charge is 2.01. The van der Waals surface area contributed by atoms with Gasteiger partial charge < -0.3 is 0 Å². The van der Waals surface area contributed by atoms with Gasteiger partial charge in [0.15, 0.2) is 0 Å². The van der Waals surface area contributed by atoms with Crippen molar-refractivity contribution in [3.63, 3.8) is 0 Å². The molecule has 1 aromatic carbocycles. The van der Waals surface area contributed by atoms with E-state index in [1.807, 2.05) is 31.2 Å². The molecule has 0 heterocycles. The molecule has 0 N–H and O–H groups in total. The van der Waals surface area contributed by atoms with Gasteiger partial charge in [-0.25, -0.2) is 0 Å². The maximum absolute atomic E-state index is 11.7. The van der Waals surface area contributed by atoms with Crippen LogP contribution in [0.3, 0.4) is 0 Å². The van der Waals surface area contributed by atoms with Gasteiger partial charge in [0.1, 0.15) is 0 Å². The van der Waals surface area contributed by atoms with Crippen molar-refractivity contribution in [2.75, 3.05) is 6.26 Å². The van der Waals surface area contributed by atoms with Gasteiger partial charge in [0, 0.05) is 20.7 Å². The first-order chi connectivity index (χ1) is 5.56. The fourth-order valence-electron chi connectivity index (χ4n) is 0.941. The Morgan fingerprint density at radius 3 is 2.67 bits per heavy atom.